The third-order valence-electron chi connectivity index (χ3n) is 4.87. The van der Waals surface area contributed by atoms with E-state index in [2.05, 4.69) is 10.3 Å². The second-order valence-electron chi connectivity index (χ2n) is 7.10. The van der Waals surface area contributed by atoms with Crippen LogP contribution in [0.3, 0.4) is 0 Å². The highest BCUT2D eigenvalue weighted by Gasteiger charge is 2.22. The fourth-order valence-electron chi connectivity index (χ4n) is 3.19. The minimum Gasteiger partial charge on any atom is -0.493 e. The molecule has 10 heteroatoms. The van der Waals surface area contributed by atoms with E-state index in [4.69, 9.17) is 9.47 Å². The number of sulfonamides is 1. The van der Waals surface area contributed by atoms with Crippen LogP contribution in [0.5, 0.6) is 11.5 Å². The van der Waals surface area contributed by atoms with Gasteiger partial charge in [-0.3, -0.25) is 9.10 Å². The van der Waals surface area contributed by atoms with E-state index in [1.165, 1.54) is 20.3 Å². The zero-order valence-corrected chi connectivity index (χ0v) is 19.2. The number of hydrogen-bond donors (Lipinski definition) is 1. The molecule has 2 aromatic carbocycles. The molecule has 1 aromatic heterocycles. The van der Waals surface area contributed by atoms with E-state index in [1.807, 2.05) is 42.0 Å². The van der Waals surface area contributed by atoms with E-state index in [0.29, 0.717) is 17.2 Å². The first kappa shape index (κ1) is 23.1. The lowest BCUT2D eigenvalue weighted by molar-refractivity contribution is -0.119. The molecule has 9 nitrogen and oxygen atoms in total. The third-order valence-corrected chi connectivity index (χ3v) is 6.01. The molecule has 1 heterocycles. The van der Waals surface area contributed by atoms with Gasteiger partial charge in [0.1, 0.15) is 12.4 Å². The number of aromatic nitrogens is 2. The number of nitrogens with one attached hydrogen (secondary N) is 1. The molecule has 0 unspecified atom stereocenters. The largest absolute Gasteiger partial charge is 0.493 e. The van der Waals surface area contributed by atoms with Crippen molar-refractivity contribution in [1.29, 1.82) is 0 Å². The van der Waals surface area contributed by atoms with E-state index < -0.39 is 15.9 Å². The van der Waals surface area contributed by atoms with Crippen LogP contribution in [-0.2, 0) is 21.4 Å². The zero-order chi connectivity index (χ0) is 23.3. The molecule has 170 valence electrons. The molecule has 0 aliphatic rings. The van der Waals surface area contributed by atoms with Gasteiger partial charge in [-0.25, -0.2) is 13.4 Å². The van der Waals surface area contributed by atoms with Crippen LogP contribution in [0.4, 0.5) is 5.69 Å². The highest BCUT2D eigenvalue weighted by molar-refractivity contribution is 7.92. The van der Waals surface area contributed by atoms with Crippen molar-refractivity contribution >= 4 is 21.6 Å². The standard InChI is InChI=1S/C22H26N4O5S/c1-16-23-11-12-25(16)18-7-5-17(6-8-18)14-24-22(27)15-26(32(4,28)29)19-9-10-20(30-2)21(13-19)31-3/h5-13H,14-15H2,1-4H3,(H,24,27). The zero-order valence-electron chi connectivity index (χ0n) is 18.4. The van der Waals surface area contributed by atoms with Gasteiger partial charge in [-0.2, -0.15) is 0 Å². The Labute approximate surface area is 187 Å². The summed E-state index contributed by atoms with van der Waals surface area (Å²) in [7, 11) is -0.763. The fourth-order valence-corrected chi connectivity index (χ4v) is 4.04. The van der Waals surface area contributed by atoms with E-state index in [1.54, 1.807) is 18.3 Å². The summed E-state index contributed by atoms with van der Waals surface area (Å²) in [6, 6.07) is 12.3. The van der Waals surface area contributed by atoms with Gasteiger partial charge in [-0.05, 0) is 36.8 Å². The summed E-state index contributed by atoms with van der Waals surface area (Å²) in [6.07, 6.45) is 4.66. The average molecular weight is 459 g/mol. The predicted molar refractivity (Wildman–Crippen MR) is 122 cm³/mol. The molecule has 0 saturated carbocycles. The van der Waals surface area contributed by atoms with Crippen molar-refractivity contribution in [3.05, 3.63) is 66.2 Å². The molecule has 0 saturated heterocycles. The molecule has 0 fully saturated rings. The maximum Gasteiger partial charge on any atom is 0.241 e. The monoisotopic (exact) mass is 458 g/mol. The lowest BCUT2D eigenvalue weighted by atomic mass is 10.2. The van der Waals surface area contributed by atoms with Gasteiger partial charge in [0.2, 0.25) is 15.9 Å². The maximum atomic E-state index is 12.5. The van der Waals surface area contributed by atoms with Crippen LogP contribution in [0.25, 0.3) is 5.69 Å². The van der Waals surface area contributed by atoms with Crippen LogP contribution >= 0.6 is 0 Å². The van der Waals surface area contributed by atoms with Crippen molar-refractivity contribution in [1.82, 2.24) is 14.9 Å². The molecule has 0 spiro atoms. The summed E-state index contributed by atoms with van der Waals surface area (Å²) in [5, 5.41) is 2.77. The number of carbonyl (C=O) groups is 1. The Hall–Kier alpha value is -3.53. The topological polar surface area (TPSA) is 103 Å². The molecule has 3 aromatic rings. The highest BCUT2D eigenvalue weighted by Crippen LogP contribution is 2.32. The van der Waals surface area contributed by atoms with Gasteiger partial charge in [-0.15, -0.1) is 0 Å². The summed E-state index contributed by atoms with van der Waals surface area (Å²) in [4.78, 5) is 16.7. The number of hydrogen-bond acceptors (Lipinski definition) is 6. The Morgan fingerprint density at radius 3 is 2.34 bits per heavy atom. The first-order valence-corrected chi connectivity index (χ1v) is 11.6. The first-order valence-electron chi connectivity index (χ1n) is 9.78. The number of anilines is 1. The van der Waals surface area contributed by atoms with Crippen LogP contribution in [0.1, 0.15) is 11.4 Å². The van der Waals surface area contributed by atoms with Gasteiger partial charge in [0.15, 0.2) is 11.5 Å². The summed E-state index contributed by atoms with van der Waals surface area (Å²) >= 11 is 0. The fraction of sp³-hybridized carbons (Fsp3) is 0.273. The van der Waals surface area contributed by atoms with Gasteiger partial charge in [0.05, 0.1) is 26.2 Å². The highest BCUT2D eigenvalue weighted by atomic mass is 32.2. The van der Waals surface area contributed by atoms with Crippen molar-refractivity contribution in [3.63, 3.8) is 0 Å². The lowest BCUT2D eigenvalue weighted by Crippen LogP contribution is -2.40. The number of aryl methyl sites for hydroxylation is 1. The predicted octanol–water partition coefficient (Wildman–Crippen LogP) is 2.28. The molecule has 0 aliphatic carbocycles. The molecule has 1 amide bonds. The third kappa shape index (κ3) is 5.38. The Bertz CT molecular complexity index is 1190. The van der Waals surface area contributed by atoms with E-state index in [9.17, 15) is 13.2 Å². The number of methoxy groups -OCH3 is 2. The number of amides is 1. The molecule has 0 atom stereocenters. The minimum absolute atomic E-state index is 0.269. The molecule has 32 heavy (non-hydrogen) atoms. The number of benzene rings is 2. The van der Waals surface area contributed by atoms with Gasteiger partial charge in [0.25, 0.3) is 0 Å². The van der Waals surface area contributed by atoms with Crippen LogP contribution in [0.2, 0.25) is 0 Å². The van der Waals surface area contributed by atoms with Crippen molar-refractivity contribution in [2.45, 2.75) is 13.5 Å². The van der Waals surface area contributed by atoms with E-state index in [-0.39, 0.29) is 13.1 Å². The normalized spacial score (nSPS) is 11.1. The van der Waals surface area contributed by atoms with Crippen molar-refractivity contribution < 1.29 is 22.7 Å². The number of rotatable bonds is 9. The molecule has 0 aliphatic heterocycles. The smallest absolute Gasteiger partial charge is 0.241 e. The van der Waals surface area contributed by atoms with Crippen molar-refractivity contribution in [2.75, 3.05) is 31.3 Å². The van der Waals surface area contributed by atoms with Gasteiger partial charge in [-0.1, -0.05) is 12.1 Å². The second-order valence-corrected chi connectivity index (χ2v) is 9.00. The number of ether oxygens (including phenoxy) is 2. The molecular weight excluding hydrogens is 432 g/mol. The quantitative estimate of drug-likeness (QED) is 0.528. The van der Waals surface area contributed by atoms with Crippen LogP contribution < -0.4 is 19.1 Å². The number of carbonyl (C=O) groups excluding carboxylic acids is 1. The summed E-state index contributed by atoms with van der Waals surface area (Å²) in [5.74, 6) is 1.28. The van der Waals surface area contributed by atoms with Gasteiger partial charge < -0.3 is 19.4 Å². The maximum absolute atomic E-state index is 12.5. The van der Waals surface area contributed by atoms with Crippen LogP contribution in [0, 0.1) is 6.92 Å². The molecule has 0 radical (unpaired) electrons. The molecular formula is C22H26N4O5S. The Morgan fingerprint density at radius 2 is 1.78 bits per heavy atom. The molecule has 3 rings (SSSR count). The van der Waals surface area contributed by atoms with Crippen molar-refractivity contribution in [2.24, 2.45) is 0 Å². The van der Waals surface area contributed by atoms with Gasteiger partial charge >= 0.3 is 0 Å². The molecule has 1 N–H and O–H groups in total. The summed E-state index contributed by atoms with van der Waals surface area (Å²) < 4.78 is 38.1. The molecule has 0 bridgehead atoms. The van der Waals surface area contributed by atoms with Crippen LogP contribution in [0.15, 0.2) is 54.9 Å². The second kappa shape index (κ2) is 9.73. The van der Waals surface area contributed by atoms with Crippen molar-refractivity contribution in [3.8, 4) is 17.2 Å². The SMILES string of the molecule is COc1ccc(N(CC(=O)NCc2ccc(-n3ccnc3C)cc2)S(C)(=O)=O)cc1OC. The number of imidazole rings is 1. The lowest BCUT2D eigenvalue weighted by Gasteiger charge is -2.23. The van der Waals surface area contributed by atoms with Crippen LogP contribution in [-0.4, -0.2) is 50.9 Å². The minimum atomic E-state index is -3.71. The summed E-state index contributed by atoms with van der Waals surface area (Å²) in [6.45, 7) is 1.83. The summed E-state index contributed by atoms with van der Waals surface area (Å²) in [5.41, 5.74) is 2.16. The van der Waals surface area contributed by atoms with Gasteiger partial charge in [0, 0.05) is 30.7 Å². The number of nitrogens with zero attached hydrogens (tertiary/aromatic N) is 3. The Balaban J connectivity index is 1.68. The Kier molecular flexibility index (Phi) is 7.04. The Morgan fingerprint density at radius 1 is 1.09 bits per heavy atom. The first-order chi connectivity index (χ1) is 15.2. The van der Waals surface area contributed by atoms with E-state index in [0.717, 1.165) is 27.6 Å². The average Bonchev–Trinajstić information content (AvgIpc) is 3.21. The van der Waals surface area contributed by atoms with E-state index >= 15 is 0 Å².